The number of thioether (sulfide) groups is 1. The summed E-state index contributed by atoms with van der Waals surface area (Å²) in [4.78, 5) is 29.4. The van der Waals surface area contributed by atoms with Crippen LogP contribution in [0, 0.1) is 12.7 Å². The summed E-state index contributed by atoms with van der Waals surface area (Å²) in [5.41, 5.74) is 3.85. The number of carbonyl (C=O) groups is 2. The van der Waals surface area contributed by atoms with E-state index in [1.165, 1.54) is 23.9 Å². The molecule has 0 bridgehead atoms. The number of hydrogen-bond acceptors (Lipinski definition) is 3. The van der Waals surface area contributed by atoms with E-state index in [4.69, 9.17) is 0 Å². The van der Waals surface area contributed by atoms with Gasteiger partial charge in [-0.25, -0.2) is 4.39 Å². The van der Waals surface area contributed by atoms with Crippen LogP contribution in [-0.2, 0) is 16.2 Å². The Balaban J connectivity index is 1.60. The Morgan fingerprint density at radius 2 is 1.81 bits per heavy atom. The molecule has 0 aromatic heterocycles. The molecule has 5 rings (SSSR count). The Morgan fingerprint density at radius 3 is 2.55 bits per heavy atom. The number of rotatable bonds is 3. The monoisotopic (exact) mass is 432 g/mol. The highest BCUT2D eigenvalue weighted by Gasteiger charge is 2.59. The second kappa shape index (κ2) is 7.54. The topological polar surface area (TPSA) is 40.6 Å². The van der Waals surface area contributed by atoms with Crippen molar-refractivity contribution in [2.75, 3.05) is 17.2 Å². The third kappa shape index (κ3) is 3.13. The van der Waals surface area contributed by atoms with Gasteiger partial charge in [0, 0.05) is 23.4 Å². The van der Waals surface area contributed by atoms with Crippen molar-refractivity contribution in [2.24, 2.45) is 0 Å². The van der Waals surface area contributed by atoms with Gasteiger partial charge in [0.1, 0.15) is 5.82 Å². The molecule has 1 unspecified atom stereocenters. The van der Waals surface area contributed by atoms with Crippen molar-refractivity contribution in [1.29, 1.82) is 0 Å². The second-order valence-corrected chi connectivity index (χ2v) is 9.14. The molecule has 1 fully saturated rings. The van der Waals surface area contributed by atoms with E-state index < -0.39 is 10.7 Å². The lowest BCUT2D eigenvalue weighted by molar-refractivity contribution is -0.123. The fourth-order valence-electron chi connectivity index (χ4n) is 4.36. The van der Waals surface area contributed by atoms with Gasteiger partial charge in [0.2, 0.25) is 0 Å². The van der Waals surface area contributed by atoms with Crippen molar-refractivity contribution < 1.29 is 14.0 Å². The third-order valence-electron chi connectivity index (χ3n) is 5.88. The molecule has 1 saturated heterocycles. The molecule has 3 aromatic carbocycles. The van der Waals surface area contributed by atoms with E-state index in [1.807, 2.05) is 37.3 Å². The number of amides is 2. The summed E-state index contributed by atoms with van der Waals surface area (Å²) in [6, 6.07) is 21.4. The largest absolute Gasteiger partial charge is 0.311 e. The van der Waals surface area contributed by atoms with E-state index in [1.54, 1.807) is 40.1 Å². The van der Waals surface area contributed by atoms with Gasteiger partial charge in [-0.05, 0) is 42.8 Å². The van der Waals surface area contributed by atoms with Crippen molar-refractivity contribution in [3.8, 4) is 0 Å². The molecule has 2 heterocycles. The maximum atomic E-state index is 14.3. The average molecular weight is 433 g/mol. The molecule has 4 nitrogen and oxygen atoms in total. The molecule has 3 aromatic rings. The number of fused-ring (bicyclic) bond motifs is 2. The molecule has 6 heteroatoms. The summed E-state index contributed by atoms with van der Waals surface area (Å²) in [5, 5.41) is 0. The standard InChI is InChI=1S/C25H21FN2O2S/c1-17-7-9-18(10-8-17)16-27-22-12-11-20(26)15-21(22)25(24(27)30)28(13-14-31-25)23(29)19-5-3-2-4-6-19/h2-12,15H,13-14,16H2,1H3. The zero-order chi connectivity index (χ0) is 21.6. The summed E-state index contributed by atoms with van der Waals surface area (Å²) in [7, 11) is 0. The molecule has 156 valence electrons. The van der Waals surface area contributed by atoms with Crippen LogP contribution in [0.3, 0.4) is 0 Å². The van der Waals surface area contributed by atoms with Gasteiger partial charge in [-0.1, -0.05) is 48.0 Å². The maximum Gasteiger partial charge on any atom is 0.268 e. The van der Waals surface area contributed by atoms with Gasteiger partial charge >= 0.3 is 0 Å². The highest BCUT2D eigenvalue weighted by Crippen LogP contribution is 2.54. The minimum absolute atomic E-state index is 0.194. The highest BCUT2D eigenvalue weighted by molar-refractivity contribution is 8.01. The lowest BCUT2D eigenvalue weighted by atomic mass is 10.0. The molecule has 0 N–H and O–H groups in total. The molecule has 0 saturated carbocycles. The number of carbonyl (C=O) groups excluding carboxylic acids is 2. The van der Waals surface area contributed by atoms with Crippen LogP contribution in [-0.4, -0.2) is 29.0 Å². The lowest BCUT2D eigenvalue weighted by Gasteiger charge is -2.33. The average Bonchev–Trinajstić information content (AvgIpc) is 3.32. The summed E-state index contributed by atoms with van der Waals surface area (Å²) >= 11 is 1.41. The Hall–Kier alpha value is -3.12. The van der Waals surface area contributed by atoms with Crippen molar-refractivity contribution >= 4 is 29.3 Å². The van der Waals surface area contributed by atoms with Crippen molar-refractivity contribution in [2.45, 2.75) is 18.3 Å². The van der Waals surface area contributed by atoms with Crippen molar-refractivity contribution in [3.05, 3.63) is 101 Å². The summed E-state index contributed by atoms with van der Waals surface area (Å²) < 4.78 is 14.3. The van der Waals surface area contributed by atoms with Gasteiger partial charge in [0.25, 0.3) is 11.8 Å². The molecule has 0 aliphatic carbocycles. The van der Waals surface area contributed by atoms with Gasteiger partial charge in [-0.15, -0.1) is 11.8 Å². The van der Waals surface area contributed by atoms with Gasteiger partial charge in [0.05, 0.1) is 12.2 Å². The minimum atomic E-state index is -1.24. The van der Waals surface area contributed by atoms with E-state index >= 15 is 0 Å². The molecule has 1 spiro atoms. The zero-order valence-corrected chi connectivity index (χ0v) is 17.9. The van der Waals surface area contributed by atoms with E-state index in [0.717, 1.165) is 11.1 Å². The van der Waals surface area contributed by atoms with Crippen LogP contribution < -0.4 is 4.90 Å². The van der Waals surface area contributed by atoms with Gasteiger partial charge < -0.3 is 9.80 Å². The van der Waals surface area contributed by atoms with Gasteiger partial charge in [-0.3, -0.25) is 9.59 Å². The number of hydrogen-bond donors (Lipinski definition) is 0. The molecule has 2 aliphatic heterocycles. The zero-order valence-electron chi connectivity index (χ0n) is 17.0. The minimum Gasteiger partial charge on any atom is -0.311 e. The molecular weight excluding hydrogens is 411 g/mol. The molecule has 0 radical (unpaired) electrons. The summed E-state index contributed by atoms with van der Waals surface area (Å²) in [5.74, 6) is -0.215. The van der Waals surface area contributed by atoms with Crippen LogP contribution >= 0.6 is 11.8 Å². The Bertz CT molecular complexity index is 1170. The Labute approximate surface area is 184 Å². The van der Waals surface area contributed by atoms with Crippen LogP contribution in [0.25, 0.3) is 0 Å². The van der Waals surface area contributed by atoms with Crippen LogP contribution in [0.1, 0.15) is 27.0 Å². The Kier molecular flexibility index (Phi) is 4.82. The lowest BCUT2D eigenvalue weighted by Crippen LogP contribution is -2.50. The van der Waals surface area contributed by atoms with Gasteiger partial charge in [-0.2, -0.15) is 0 Å². The van der Waals surface area contributed by atoms with Crippen LogP contribution in [0.5, 0.6) is 0 Å². The number of anilines is 1. The smallest absolute Gasteiger partial charge is 0.268 e. The third-order valence-corrected chi connectivity index (χ3v) is 7.30. The van der Waals surface area contributed by atoms with Crippen LogP contribution in [0.2, 0.25) is 0 Å². The summed E-state index contributed by atoms with van der Waals surface area (Å²) in [6.45, 7) is 2.81. The predicted octanol–water partition coefficient (Wildman–Crippen LogP) is 4.72. The first kappa shape index (κ1) is 19.8. The van der Waals surface area contributed by atoms with E-state index in [-0.39, 0.29) is 11.8 Å². The first-order chi connectivity index (χ1) is 15.0. The van der Waals surface area contributed by atoms with Gasteiger partial charge in [0.15, 0.2) is 4.87 Å². The first-order valence-corrected chi connectivity index (χ1v) is 11.2. The fourth-order valence-corrected chi connectivity index (χ4v) is 5.81. The highest BCUT2D eigenvalue weighted by atomic mass is 32.2. The van der Waals surface area contributed by atoms with Crippen LogP contribution in [0.15, 0.2) is 72.8 Å². The van der Waals surface area contributed by atoms with E-state index in [9.17, 15) is 14.0 Å². The van der Waals surface area contributed by atoms with E-state index in [0.29, 0.717) is 35.7 Å². The number of aryl methyl sites for hydroxylation is 1. The molecule has 1 atom stereocenters. The Morgan fingerprint density at radius 1 is 1.06 bits per heavy atom. The maximum absolute atomic E-state index is 14.3. The molecule has 31 heavy (non-hydrogen) atoms. The molecule has 2 amide bonds. The van der Waals surface area contributed by atoms with Crippen LogP contribution in [0.4, 0.5) is 10.1 Å². The second-order valence-electron chi connectivity index (χ2n) is 7.85. The van der Waals surface area contributed by atoms with Crippen molar-refractivity contribution in [3.63, 3.8) is 0 Å². The molecule has 2 aliphatic rings. The quantitative estimate of drug-likeness (QED) is 0.601. The first-order valence-electron chi connectivity index (χ1n) is 10.2. The van der Waals surface area contributed by atoms with E-state index in [2.05, 4.69) is 0 Å². The summed E-state index contributed by atoms with van der Waals surface area (Å²) in [6.07, 6.45) is 0. The normalized spacial score (nSPS) is 19.9. The fraction of sp³-hybridized carbons (Fsp3) is 0.200. The predicted molar refractivity (Wildman–Crippen MR) is 120 cm³/mol. The number of benzene rings is 3. The number of nitrogens with zero attached hydrogens (tertiary/aromatic N) is 2. The van der Waals surface area contributed by atoms with Crippen molar-refractivity contribution in [1.82, 2.24) is 4.90 Å². The molecular formula is C25H21FN2O2S. The number of halogens is 1. The SMILES string of the molecule is Cc1ccc(CN2C(=O)C3(SCCN3C(=O)c3ccccc3)c3cc(F)ccc32)cc1.